The Bertz CT molecular complexity index is 1190. The van der Waals surface area contributed by atoms with Crippen molar-refractivity contribution in [2.75, 3.05) is 30.5 Å². The van der Waals surface area contributed by atoms with Crippen LogP contribution in [-0.4, -0.2) is 51.5 Å². The molecule has 0 saturated heterocycles. The lowest BCUT2D eigenvalue weighted by molar-refractivity contribution is -0.108. The number of nitrogens with zero attached hydrogens (tertiary/aromatic N) is 4. The maximum Gasteiger partial charge on any atom is 0.182 e. The highest BCUT2D eigenvalue weighted by Gasteiger charge is 2.20. The van der Waals surface area contributed by atoms with Gasteiger partial charge in [-0.2, -0.15) is 5.10 Å². The van der Waals surface area contributed by atoms with Gasteiger partial charge in [0.05, 0.1) is 29.6 Å². The van der Waals surface area contributed by atoms with Crippen LogP contribution in [-0.2, 0) is 11.8 Å². The van der Waals surface area contributed by atoms with Crippen LogP contribution >= 0.6 is 7.92 Å². The maximum absolute atomic E-state index is 11.9. The number of nitrogen functional groups attached to an aromatic ring is 1. The Labute approximate surface area is 221 Å². The molecule has 1 aliphatic carbocycles. The SMILES string of the molecule is CC.CCP(CC)c1cc(-c2cccc(Nc3cc(N)nnc3C(C)=O)c2OC)nn1C.O=CC1CC1. The number of carbonyl (C=O) groups excluding carboxylic acids is 2. The second kappa shape index (κ2) is 14.4. The average molecular weight is 527 g/mol. The van der Waals surface area contributed by atoms with Gasteiger partial charge in [-0.15, -0.1) is 10.2 Å². The number of carbonyl (C=O) groups is 2. The van der Waals surface area contributed by atoms with E-state index in [9.17, 15) is 9.59 Å². The van der Waals surface area contributed by atoms with Gasteiger partial charge in [-0.1, -0.05) is 41.7 Å². The topological polar surface area (TPSA) is 125 Å². The fraction of sp³-hybridized carbons (Fsp3) is 0.444. The van der Waals surface area contributed by atoms with Gasteiger partial charge in [0.25, 0.3) is 0 Å². The molecule has 3 N–H and O–H groups in total. The van der Waals surface area contributed by atoms with E-state index in [0.717, 1.165) is 42.7 Å². The Morgan fingerprint density at radius 2 is 1.86 bits per heavy atom. The second-order valence-electron chi connectivity index (χ2n) is 8.26. The number of nitrogens with one attached hydrogen (secondary N) is 1. The maximum atomic E-state index is 11.9. The number of Topliss-reactive ketones (excluding diaryl/α,β-unsaturated/α-hetero) is 1. The van der Waals surface area contributed by atoms with Gasteiger partial charge in [0.15, 0.2) is 17.2 Å². The summed E-state index contributed by atoms with van der Waals surface area (Å²) in [5.74, 6) is 1.10. The predicted molar refractivity (Wildman–Crippen MR) is 153 cm³/mol. The van der Waals surface area contributed by atoms with Crippen molar-refractivity contribution in [2.45, 2.75) is 47.5 Å². The van der Waals surface area contributed by atoms with Gasteiger partial charge < -0.3 is 20.6 Å². The third kappa shape index (κ3) is 7.83. The number of aromatic nitrogens is 4. The Balaban J connectivity index is 0.000000602. The van der Waals surface area contributed by atoms with Crippen molar-refractivity contribution in [3.05, 3.63) is 36.0 Å². The summed E-state index contributed by atoms with van der Waals surface area (Å²) in [6.45, 7) is 9.87. The zero-order valence-electron chi connectivity index (χ0n) is 22.9. The first-order valence-corrected chi connectivity index (χ1v) is 14.4. The standard InChI is InChI=1S/C21H27N6O2P.C4H6O.C2H6/c1-6-30(7-2)19-12-16(26-27(19)4)14-9-8-10-15(21(14)29-5)23-17-11-18(22)24-25-20(17)13(3)28;5-3-4-1-2-4;1-2/h8-12H,6-7H2,1-5H3,(H3,22,23,24);3-4H,1-2H2;1-2H3. The molecule has 2 aromatic heterocycles. The van der Waals surface area contributed by atoms with Crippen LogP contribution in [0, 0.1) is 5.92 Å². The van der Waals surface area contributed by atoms with Crippen LogP contribution in [0.3, 0.4) is 0 Å². The molecule has 10 heteroatoms. The number of ether oxygens (including phenoxy) is 1. The van der Waals surface area contributed by atoms with E-state index in [2.05, 4.69) is 35.4 Å². The number of benzene rings is 1. The summed E-state index contributed by atoms with van der Waals surface area (Å²) in [4.78, 5) is 21.5. The van der Waals surface area contributed by atoms with Crippen molar-refractivity contribution in [3.8, 4) is 17.0 Å². The van der Waals surface area contributed by atoms with Crippen LogP contribution in [0.2, 0.25) is 0 Å². The zero-order chi connectivity index (χ0) is 27.5. The number of ketones is 1. The second-order valence-corrected chi connectivity index (χ2v) is 11.1. The van der Waals surface area contributed by atoms with Crippen molar-refractivity contribution in [1.82, 2.24) is 20.0 Å². The molecule has 1 fully saturated rings. The molecule has 3 aromatic rings. The van der Waals surface area contributed by atoms with Crippen LogP contribution in [0.4, 0.5) is 17.2 Å². The van der Waals surface area contributed by atoms with E-state index in [1.165, 1.54) is 12.4 Å². The van der Waals surface area contributed by atoms with Gasteiger partial charge >= 0.3 is 0 Å². The third-order valence-electron chi connectivity index (χ3n) is 5.67. The van der Waals surface area contributed by atoms with E-state index in [4.69, 9.17) is 15.6 Å². The molecule has 0 spiro atoms. The van der Waals surface area contributed by atoms with Gasteiger partial charge in [0, 0.05) is 31.5 Å². The minimum Gasteiger partial charge on any atom is -0.494 e. The monoisotopic (exact) mass is 526 g/mol. The van der Waals surface area contributed by atoms with E-state index < -0.39 is 0 Å². The molecule has 1 aliphatic rings. The Morgan fingerprint density at radius 1 is 1.19 bits per heavy atom. The summed E-state index contributed by atoms with van der Waals surface area (Å²) in [6.07, 6.45) is 5.55. The third-order valence-corrected chi connectivity index (χ3v) is 8.26. The summed E-state index contributed by atoms with van der Waals surface area (Å²) in [6, 6.07) is 9.50. The normalized spacial score (nSPS) is 12.1. The van der Waals surface area contributed by atoms with Crippen molar-refractivity contribution in [1.29, 1.82) is 0 Å². The van der Waals surface area contributed by atoms with Crippen molar-refractivity contribution in [3.63, 3.8) is 0 Å². The minimum atomic E-state index is -0.241. The lowest BCUT2D eigenvalue weighted by Crippen LogP contribution is -2.14. The average Bonchev–Trinajstić information content (AvgIpc) is 3.67. The molecule has 2 heterocycles. The Morgan fingerprint density at radius 3 is 2.38 bits per heavy atom. The number of rotatable bonds is 9. The highest BCUT2D eigenvalue weighted by Crippen LogP contribution is 2.39. The predicted octanol–water partition coefficient (Wildman–Crippen LogP) is 5.18. The lowest BCUT2D eigenvalue weighted by Gasteiger charge is -2.15. The van der Waals surface area contributed by atoms with Crippen LogP contribution in [0.25, 0.3) is 11.3 Å². The molecule has 200 valence electrons. The van der Waals surface area contributed by atoms with E-state index in [1.807, 2.05) is 43.8 Å². The number of methoxy groups -OCH3 is 1. The molecule has 0 unspecified atom stereocenters. The number of aldehydes is 1. The van der Waals surface area contributed by atoms with Crippen LogP contribution in [0.1, 0.15) is 57.9 Å². The summed E-state index contributed by atoms with van der Waals surface area (Å²) in [5, 5.41) is 15.7. The highest BCUT2D eigenvalue weighted by atomic mass is 31.1. The van der Waals surface area contributed by atoms with E-state index in [-0.39, 0.29) is 25.2 Å². The van der Waals surface area contributed by atoms with Crippen LogP contribution in [0.5, 0.6) is 5.75 Å². The smallest absolute Gasteiger partial charge is 0.182 e. The summed E-state index contributed by atoms with van der Waals surface area (Å²) in [7, 11) is 3.36. The Hall–Kier alpha value is -3.32. The molecule has 0 aliphatic heterocycles. The zero-order valence-corrected chi connectivity index (χ0v) is 23.8. The Kier molecular flexibility index (Phi) is 11.7. The van der Waals surface area contributed by atoms with E-state index in [0.29, 0.717) is 23.0 Å². The number of anilines is 3. The van der Waals surface area contributed by atoms with Gasteiger partial charge in [0.1, 0.15) is 12.1 Å². The van der Waals surface area contributed by atoms with Crippen LogP contribution in [0.15, 0.2) is 30.3 Å². The van der Waals surface area contributed by atoms with Crippen LogP contribution < -0.4 is 21.2 Å². The highest BCUT2D eigenvalue weighted by molar-refractivity contribution is 7.65. The summed E-state index contributed by atoms with van der Waals surface area (Å²) in [5.41, 5.74) is 10.1. The molecule has 0 bridgehead atoms. The summed E-state index contributed by atoms with van der Waals surface area (Å²) < 4.78 is 7.70. The fourth-order valence-electron chi connectivity index (χ4n) is 3.63. The molecular formula is C27H39N6O3P. The largest absolute Gasteiger partial charge is 0.494 e. The number of nitrogens with two attached hydrogens (primary N) is 1. The van der Waals surface area contributed by atoms with Crippen molar-refractivity contribution in [2.24, 2.45) is 13.0 Å². The molecule has 0 radical (unpaired) electrons. The fourth-order valence-corrected chi connectivity index (χ4v) is 5.48. The minimum absolute atomic E-state index is 0.207. The molecule has 1 aromatic carbocycles. The first kappa shape index (κ1) is 29.9. The lowest BCUT2D eigenvalue weighted by atomic mass is 10.1. The number of aryl methyl sites for hydroxylation is 1. The first-order valence-electron chi connectivity index (χ1n) is 12.7. The van der Waals surface area contributed by atoms with Gasteiger partial charge in [-0.05, 0) is 43.4 Å². The van der Waals surface area contributed by atoms with Crippen molar-refractivity contribution >= 4 is 42.6 Å². The van der Waals surface area contributed by atoms with Crippen molar-refractivity contribution < 1.29 is 14.3 Å². The van der Waals surface area contributed by atoms with Gasteiger partial charge in [0.2, 0.25) is 0 Å². The summed E-state index contributed by atoms with van der Waals surface area (Å²) >= 11 is 0. The number of hydrogen-bond acceptors (Lipinski definition) is 8. The molecule has 0 atom stereocenters. The quantitative estimate of drug-likeness (QED) is 0.222. The number of para-hydroxylation sites is 1. The van der Waals surface area contributed by atoms with E-state index >= 15 is 0 Å². The molecule has 4 rings (SSSR count). The van der Waals surface area contributed by atoms with Gasteiger partial charge in [-0.25, -0.2) is 0 Å². The van der Waals surface area contributed by atoms with Gasteiger partial charge in [-0.3, -0.25) is 9.48 Å². The molecule has 0 amide bonds. The molecule has 37 heavy (non-hydrogen) atoms. The molecular weight excluding hydrogens is 487 g/mol. The molecule has 9 nitrogen and oxygen atoms in total. The number of hydrogen-bond donors (Lipinski definition) is 2. The molecule has 1 saturated carbocycles. The first-order chi connectivity index (χ1) is 17.8. The van der Waals surface area contributed by atoms with E-state index in [1.54, 1.807) is 13.2 Å².